The van der Waals surface area contributed by atoms with Crippen molar-refractivity contribution in [2.75, 3.05) is 0 Å². The third-order valence-electron chi connectivity index (χ3n) is 3.67. The highest BCUT2D eigenvalue weighted by molar-refractivity contribution is 5.16. The molecule has 1 heterocycles. The third-order valence-corrected chi connectivity index (χ3v) is 3.67. The number of aryl methyl sites for hydroxylation is 1. The highest BCUT2D eigenvalue weighted by Crippen LogP contribution is 2.34. The van der Waals surface area contributed by atoms with E-state index in [2.05, 4.69) is 40.6 Å². The molecule has 0 spiro atoms. The molecule has 1 aromatic carbocycles. The molecule has 1 saturated carbocycles. The number of rotatable bonds is 6. The van der Waals surface area contributed by atoms with Gasteiger partial charge >= 0.3 is 0 Å². The van der Waals surface area contributed by atoms with E-state index in [-0.39, 0.29) is 0 Å². The van der Waals surface area contributed by atoms with Gasteiger partial charge in [-0.05, 0) is 37.7 Å². The van der Waals surface area contributed by atoms with E-state index in [0.29, 0.717) is 6.04 Å². The van der Waals surface area contributed by atoms with Crippen LogP contribution in [0.2, 0.25) is 0 Å². The number of aromatic nitrogens is 1. The average Bonchev–Trinajstić information content (AvgIpc) is 3.19. The van der Waals surface area contributed by atoms with Crippen LogP contribution in [0.1, 0.15) is 30.1 Å². The molecule has 0 bridgehead atoms. The standard InChI is InChI=1S/C16H20N2O/c1-12-10-18-16(19-12)11-17-15(14-7-8-14)9-13-5-3-2-4-6-13/h2-6,10,14-15,17H,7-9,11H2,1H3/t15-/m1/s1. The van der Waals surface area contributed by atoms with Crippen molar-refractivity contribution in [2.45, 2.75) is 38.8 Å². The van der Waals surface area contributed by atoms with Gasteiger partial charge in [0.05, 0.1) is 12.7 Å². The van der Waals surface area contributed by atoms with E-state index in [0.717, 1.165) is 30.5 Å². The number of hydrogen-bond acceptors (Lipinski definition) is 3. The molecule has 1 aromatic heterocycles. The van der Waals surface area contributed by atoms with Gasteiger partial charge in [-0.25, -0.2) is 4.98 Å². The molecule has 1 aliphatic carbocycles. The Morgan fingerprint density at radius 2 is 2.11 bits per heavy atom. The fraction of sp³-hybridized carbons (Fsp3) is 0.438. The van der Waals surface area contributed by atoms with Gasteiger partial charge in [-0.1, -0.05) is 30.3 Å². The molecule has 0 amide bonds. The van der Waals surface area contributed by atoms with E-state index in [9.17, 15) is 0 Å². The predicted molar refractivity (Wildman–Crippen MR) is 74.7 cm³/mol. The van der Waals surface area contributed by atoms with Crippen LogP contribution in [0.3, 0.4) is 0 Å². The first-order chi connectivity index (χ1) is 9.31. The zero-order valence-corrected chi connectivity index (χ0v) is 11.3. The van der Waals surface area contributed by atoms with Gasteiger partial charge in [-0.15, -0.1) is 0 Å². The lowest BCUT2D eigenvalue weighted by molar-refractivity contribution is 0.399. The first-order valence-corrected chi connectivity index (χ1v) is 7.00. The van der Waals surface area contributed by atoms with Gasteiger partial charge in [0.25, 0.3) is 0 Å². The van der Waals surface area contributed by atoms with Crippen LogP contribution in [0.25, 0.3) is 0 Å². The number of benzene rings is 1. The summed E-state index contributed by atoms with van der Waals surface area (Å²) >= 11 is 0. The fourth-order valence-corrected chi connectivity index (χ4v) is 2.47. The number of oxazole rings is 1. The van der Waals surface area contributed by atoms with Crippen molar-refractivity contribution in [2.24, 2.45) is 5.92 Å². The van der Waals surface area contributed by atoms with Crippen molar-refractivity contribution in [3.8, 4) is 0 Å². The normalized spacial score (nSPS) is 16.5. The van der Waals surface area contributed by atoms with E-state index in [1.165, 1.54) is 18.4 Å². The fourth-order valence-electron chi connectivity index (χ4n) is 2.47. The molecule has 0 aliphatic heterocycles. The predicted octanol–water partition coefficient (Wildman–Crippen LogP) is 3.09. The van der Waals surface area contributed by atoms with Gasteiger partial charge in [0.2, 0.25) is 5.89 Å². The highest BCUT2D eigenvalue weighted by atomic mass is 16.4. The zero-order chi connectivity index (χ0) is 13.1. The molecule has 0 saturated heterocycles. The number of hydrogen-bond donors (Lipinski definition) is 1. The van der Waals surface area contributed by atoms with Crippen molar-refractivity contribution < 1.29 is 4.42 Å². The van der Waals surface area contributed by atoms with E-state index >= 15 is 0 Å². The zero-order valence-electron chi connectivity index (χ0n) is 11.3. The summed E-state index contributed by atoms with van der Waals surface area (Å²) in [5.74, 6) is 2.48. The second-order valence-electron chi connectivity index (χ2n) is 5.38. The minimum absolute atomic E-state index is 0.537. The molecular formula is C16H20N2O. The quantitative estimate of drug-likeness (QED) is 0.863. The Balaban J connectivity index is 1.59. The molecule has 19 heavy (non-hydrogen) atoms. The van der Waals surface area contributed by atoms with Crippen molar-refractivity contribution >= 4 is 0 Å². The van der Waals surface area contributed by atoms with Crippen LogP contribution in [0, 0.1) is 12.8 Å². The maximum atomic E-state index is 5.51. The molecule has 3 nitrogen and oxygen atoms in total. The Morgan fingerprint density at radius 3 is 2.74 bits per heavy atom. The summed E-state index contributed by atoms with van der Waals surface area (Å²) < 4.78 is 5.51. The van der Waals surface area contributed by atoms with Crippen LogP contribution in [0.4, 0.5) is 0 Å². The molecule has 1 N–H and O–H groups in total. The minimum atomic E-state index is 0.537. The first-order valence-electron chi connectivity index (χ1n) is 7.00. The SMILES string of the molecule is Cc1cnc(CN[C@H](Cc2ccccc2)C2CC2)o1. The Labute approximate surface area is 114 Å². The lowest BCUT2D eigenvalue weighted by Gasteiger charge is -2.17. The molecule has 2 aromatic rings. The van der Waals surface area contributed by atoms with Crippen molar-refractivity contribution in [3.63, 3.8) is 0 Å². The molecular weight excluding hydrogens is 236 g/mol. The lowest BCUT2D eigenvalue weighted by Crippen LogP contribution is -2.32. The topological polar surface area (TPSA) is 38.1 Å². The smallest absolute Gasteiger partial charge is 0.208 e. The second kappa shape index (κ2) is 5.57. The highest BCUT2D eigenvalue weighted by Gasteiger charge is 2.31. The number of nitrogens with zero attached hydrogens (tertiary/aromatic N) is 1. The Kier molecular flexibility index (Phi) is 3.65. The molecule has 1 atom stereocenters. The molecule has 1 fully saturated rings. The van der Waals surface area contributed by atoms with Gasteiger partial charge in [-0.2, -0.15) is 0 Å². The van der Waals surface area contributed by atoms with E-state index in [1.54, 1.807) is 6.20 Å². The van der Waals surface area contributed by atoms with E-state index in [4.69, 9.17) is 4.42 Å². The van der Waals surface area contributed by atoms with Crippen LogP contribution in [0.5, 0.6) is 0 Å². The second-order valence-corrected chi connectivity index (χ2v) is 5.38. The van der Waals surface area contributed by atoms with Crippen molar-refractivity contribution in [3.05, 3.63) is 53.7 Å². The van der Waals surface area contributed by atoms with Crippen LogP contribution in [-0.2, 0) is 13.0 Å². The first kappa shape index (κ1) is 12.4. The molecule has 3 rings (SSSR count). The summed E-state index contributed by atoms with van der Waals surface area (Å²) in [5.41, 5.74) is 1.40. The summed E-state index contributed by atoms with van der Waals surface area (Å²) in [6.07, 6.45) is 5.55. The summed E-state index contributed by atoms with van der Waals surface area (Å²) in [5, 5.41) is 3.60. The Bertz CT molecular complexity index is 517. The Morgan fingerprint density at radius 1 is 1.32 bits per heavy atom. The largest absolute Gasteiger partial charge is 0.445 e. The summed E-state index contributed by atoms with van der Waals surface area (Å²) in [7, 11) is 0. The monoisotopic (exact) mass is 256 g/mol. The molecule has 100 valence electrons. The third kappa shape index (κ3) is 3.44. The maximum Gasteiger partial charge on any atom is 0.208 e. The molecule has 0 radical (unpaired) electrons. The van der Waals surface area contributed by atoms with Gasteiger partial charge in [0, 0.05) is 6.04 Å². The summed E-state index contributed by atoms with van der Waals surface area (Å²) in [6, 6.07) is 11.2. The molecule has 0 unspecified atom stereocenters. The van der Waals surface area contributed by atoms with E-state index < -0.39 is 0 Å². The summed E-state index contributed by atoms with van der Waals surface area (Å²) in [6.45, 7) is 2.65. The minimum Gasteiger partial charge on any atom is -0.445 e. The maximum absolute atomic E-state index is 5.51. The van der Waals surface area contributed by atoms with Crippen LogP contribution in [-0.4, -0.2) is 11.0 Å². The van der Waals surface area contributed by atoms with Gasteiger partial charge in [0.1, 0.15) is 5.76 Å². The van der Waals surface area contributed by atoms with Gasteiger partial charge in [0.15, 0.2) is 0 Å². The molecule has 1 aliphatic rings. The van der Waals surface area contributed by atoms with Gasteiger partial charge < -0.3 is 9.73 Å². The summed E-state index contributed by atoms with van der Waals surface area (Å²) in [4.78, 5) is 4.25. The van der Waals surface area contributed by atoms with Crippen molar-refractivity contribution in [1.82, 2.24) is 10.3 Å². The van der Waals surface area contributed by atoms with Crippen LogP contribution in [0.15, 0.2) is 40.9 Å². The van der Waals surface area contributed by atoms with Crippen LogP contribution < -0.4 is 5.32 Å². The number of nitrogens with one attached hydrogen (secondary N) is 1. The van der Waals surface area contributed by atoms with E-state index in [1.807, 2.05) is 6.92 Å². The molecule has 3 heteroatoms. The lowest BCUT2D eigenvalue weighted by atomic mass is 10.0. The van der Waals surface area contributed by atoms with Crippen LogP contribution >= 0.6 is 0 Å². The Hall–Kier alpha value is -1.61. The van der Waals surface area contributed by atoms with Gasteiger partial charge in [-0.3, -0.25) is 0 Å². The average molecular weight is 256 g/mol. The van der Waals surface area contributed by atoms with Crippen molar-refractivity contribution in [1.29, 1.82) is 0 Å².